The lowest BCUT2D eigenvalue weighted by Crippen LogP contribution is -2.53. The minimum atomic E-state index is -0.957. The number of amides is 1. The summed E-state index contributed by atoms with van der Waals surface area (Å²) in [6.07, 6.45) is -0.136. The van der Waals surface area contributed by atoms with Gasteiger partial charge in [0, 0.05) is 11.1 Å². The fourth-order valence-electron chi connectivity index (χ4n) is 3.09. The molecule has 2 atom stereocenters. The molecule has 2 aromatic rings. The summed E-state index contributed by atoms with van der Waals surface area (Å²) in [4.78, 5) is 12.7. The van der Waals surface area contributed by atoms with Crippen LogP contribution in [0.2, 0.25) is 5.02 Å². The zero-order valence-electron chi connectivity index (χ0n) is 14.8. The first-order chi connectivity index (χ1) is 12.2. The normalized spacial score (nSPS) is 20.8. The third-order valence-electron chi connectivity index (χ3n) is 4.69. The summed E-state index contributed by atoms with van der Waals surface area (Å²) in [6.45, 7) is 5.56. The number of fused-ring (bicyclic) bond motifs is 1. The number of benzene rings is 2. The first kappa shape index (κ1) is 18.7. The largest absolute Gasteiger partial charge is 0.485 e. The van der Waals surface area contributed by atoms with Gasteiger partial charge in [0.1, 0.15) is 23.3 Å². The van der Waals surface area contributed by atoms with E-state index in [2.05, 4.69) is 5.32 Å². The number of halogens is 2. The molecule has 1 aliphatic heterocycles. The molecular weight excluding hydrogens is 357 g/mol. The summed E-state index contributed by atoms with van der Waals surface area (Å²) in [5.41, 5.74) is 1.14. The Bertz CT molecular complexity index is 853. The number of ether oxygens (including phenoxy) is 1. The molecule has 0 saturated heterocycles. The third kappa shape index (κ3) is 3.41. The van der Waals surface area contributed by atoms with Crippen molar-refractivity contribution >= 4 is 17.5 Å². The molecule has 1 heterocycles. The summed E-state index contributed by atoms with van der Waals surface area (Å²) < 4.78 is 19.3. The van der Waals surface area contributed by atoms with Gasteiger partial charge in [0.05, 0.1) is 11.1 Å². The van der Waals surface area contributed by atoms with E-state index < -0.39 is 29.5 Å². The second kappa shape index (κ2) is 6.89. The van der Waals surface area contributed by atoms with Crippen LogP contribution in [0.25, 0.3) is 0 Å². The van der Waals surface area contributed by atoms with E-state index in [9.17, 15) is 14.3 Å². The minimum absolute atomic E-state index is 0.126. The van der Waals surface area contributed by atoms with Gasteiger partial charge >= 0.3 is 0 Å². The molecule has 0 unspecified atom stereocenters. The van der Waals surface area contributed by atoms with E-state index in [1.165, 1.54) is 12.1 Å². The molecule has 6 heteroatoms. The molecule has 4 nitrogen and oxygen atoms in total. The number of nitrogens with one attached hydrogen (secondary N) is 1. The maximum atomic E-state index is 13.3. The number of aryl methyl sites for hydroxylation is 1. The van der Waals surface area contributed by atoms with E-state index in [0.29, 0.717) is 5.75 Å². The van der Waals surface area contributed by atoms with Gasteiger partial charge in [0.15, 0.2) is 0 Å². The van der Waals surface area contributed by atoms with Crippen molar-refractivity contribution in [3.63, 3.8) is 0 Å². The van der Waals surface area contributed by atoms with Gasteiger partial charge < -0.3 is 15.2 Å². The number of carbonyl (C=O) groups excluding carboxylic acids is 1. The van der Waals surface area contributed by atoms with Crippen molar-refractivity contribution in [3.8, 4) is 5.75 Å². The molecule has 2 N–H and O–H groups in total. The van der Waals surface area contributed by atoms with E-state index >= 15 is 0 Å². The van der Waals surface area contributed by atoms with Crippen LogP contribution < -0.4 is 10.1 Å². The number of aliphatic hydroxyl groups excluding tert-OH is 1. The van der Waals surface area contributed by atoms with Crippen molar-refractivity contribution in [2.24, 2.45) is 0 Å². The van der Waals surface area contributed by atoms with Gasteiger partial charge in [-0.3, -0.25) is 4.79 Å². The number of hydrogen-bond donors (Lipinski definition) is 2. The van der Waals surface area contributed by atoms with Crippen LogP contribution in [0.3, 0.4) is 0 Å². The Kier molecular flexibility index (Phi) is 4.95. The Morgan fingerprint density at radius 2 is 2.04 bits per heavy atom. The number of aliphatic hydroxyl groups is 1. The second-order valence-corrected chi connectivity index (χ2v) is 7.36. The van der Waals surface area contributed by atoms with E-state index in [4.69, 9.17) is 16.3 Å². The summed E-state index contributed by atoms with van der Waals surface area (Å²) >= 11 is 5.77. The molecule has 3 rings (SSSR count). The van der Waals surface area contributed by atoms with E-state index in [1.807, 2.05) is 25.1 Å². The fraction of sp³-hybridized carbons (Fsp3) is 0.350. The maximum absolute atomic E-state index is 13.3. The molecule has 0 bridgehead atoms. The lowest BCUT2D eigenvalue weighted by atomic mass is 9.85. The van der Waals surface area contributed by atoms with Crippen LogP contribution in [-0.4, -0.2) is 22.7 Å². The van der Waals surface area contributed by atoms with Crippen LogP contribution in [0.4, 0.5) is 4.39 Å². The Morgan fingerprint density at radius 3 is 2.69 bits per heavy atom. The monoisotopic (exact) mass is 377 g/mol. The molecule has 138 valence electrons. The number of hydrogen-bond acceptors (Lipinski definition) is 3. The molecule has 1 amide bonds. The smallest absolute Gasteiger partial charge is 0.251 e. The molecule has 0 aromatic heterocycles. The van der Waals surface area contributed by atoms with Crippen LogP contribution in [0.1, 0.15) is 48.3 Å². The highest BCUT2D eigenvalue weighted by Gasteiger charge is 2.43. The first-order valence-electron chi connectivity index (χ1n) is 8.48. The molecule has 1 aliphatic rings. The average molecular weight is 378 g/mol. The van der Waals surface area contributed by atoms with E-state index in [0.717, 1.165) is 23.6 Å². The topological polar surface area (TPSA) is 58.6 Å². The molecule has 0 radical (unpaired) electrons. The second-order valence-electron chi connectivity index (χ2n) is 6.96. The van der Waals surface area contributed by atoms with Crippen molar-refractivity contribution in [2.75, 3.05) is 0 Å². The summed E-state index contributed by atoms with van der Waals surface area (Å²) in [6, 6.07) is 8.86. The maximum Gasteiger partial charge on any atom is 0.251 e. The standard InChI is InChI=1S/C20H21ClFNO3/c1-4-11-5-8-16-13(9-11)17(18(24)20(2,3)26-16)23-19(25)12-6-7-15(22)14(21)10-12/h5-10,17-18,24H,4H2,1-3H3,(H,23,25)/t17-,18+/m1/s1. The summed E-state index contributed by atoms with van der Waals surface area (Å²) in [5, 5.41) is 13.5. The number of carbonyl (C=O) groups is 1. The quantitative estimate of drug-likeness (QED) is 0.848. The highest BCUT2D eigenvalue weighted by atomic mass is 35.5. The summed E-state index contributed by atoms with van der Waals surface area (Å²) in [7, 11) is 0. The highest BCUT2D eigenvalue weighted by molar-refractivity contribution is 6.31. The highest BCUT2D eigenvalue weighted by Crippen LogP contribution is 2.40. The van der Waals surface area contributed by atoms with E-state index in [-0.39, 0.29) is 10.6 Å². The molecule has 0 aliphatic carbocycles. The minimum Gasteiger partial charge on any atom is -0.485 e. The van der Waals surface area contributed by atoms with Crippen LogP contribution in [-0.2, 0) is 6.42 Å². The van der Waals surface area contributed by atoms with Gasteiger partial charge in [-0.25, -0.2) is 4.39 Å². The van der Waals surface area contributed by atoms with Gasteiger partial charge in [0.25, 0.3) is 5.91 Å². The zero-order valence-corrected chi connectivity index (χ0v) is 15.6. The molecule has 0 fully saturated rings. The summed E-state index contributed by atoms with van der Waals surface area (Å²) in [5.74, 6) is -0.408. The lowest BCUT2D eigenvalue weighted by Gasteiger charge is -2.42. The van der Waals surface area contributed by atoms with Gasteiger partial charge in [-0.05, 0) is 56.2 Å². The van der Waals surface area contributed by atoms with Gasteiger partial charge in [-0.1, -0.05) is 24.6 Å². The van der Waals surface area contributed by atoms with Gasteiger partial charge in [-0.15, -0.1) is 0 Å². The van der Waals surface area contributed by atoms with Crippen molar-refractivity contribution in [1.29, 1.82) is 0 Å². The molecule has 0 spiro atoms. The fourth-order valence-corrected chi connectivity index (χ4v) is 3.27. The van der Waals surface area contributed by atoms with Crippen molar-refractivity contribution in [3.05, 3.63) is 63.9 Å². The van der Waals surface area contributed by atoms with Crippen LogP contribution in [0.5, 0.6) is 5.75 Å². The van der Waals surface area contributed by atoms with Gasteiger partial charge in [-0.2, -0.15) is 0 Å². The van der Waals surface area contributed by atoms with Crippen molar-refractivity contribution in [2.45, 2.75) is 44.9 Å². The van der Waals surface area contributed by atoms with Crippen molar-refractivity contribution in [1.82, 2.24) is 5.32 Å². The van der Waals surface area contributed by atoms with Crippen LogP contribution in [0.15, 0.2) is 36.4 Å². The third-order valence-corrected chi connectivity index (χ3v) is 4.98. The average Bonchev–Trinajstić information content (AvgIpc) is 2.60. The first-order valence-corrected chi connectivity index (χ1v) is 8.86. The van der Waals surface area contributed by atoms with Gasteiger partial charge in [0.2, 0.25) is 0 Å². The van der Waals surface area contributed by atoms with Crippen molar-refractivity contribution < 1.29 is 19.0 Å². The number of rotatable bonds is 3. The van der Waals surface area contributed by atoms with E-state index in [1.54, 1.807) is 13.8 Å². The molecule has 26 heavy (non-hydrogen) atoms. The Labute approximate surface area is 156 Å². The Hall–Kier alpha value is -2.11. The molecule has 2 aromatic carbocycles. The Morgan fingerprint density at radius 1 is 1.31 bits per heavy atom. The predicted octanol–water partition coefficient (Wildman–Crippen LogP) is 4.04. The zero-order chi connectivity index (χ0) is 19.1. The molecular formula is C20H21ClFNO3. The van der Waals surface area contributed by atoms with Crippen LogP contribution >= 0.6 is 11.6 Å². The lowest BCUT2D eigenvalue weighted by molar-refractivity contribution is -0.0628. The predicted molar refractivity (Wildman–Crippen MR) is 98.2 cm³/mol. The SMILES string of the molecule is CCc1ccc2c(c1)[C@@H](NC(=O)c1ccc(F)c(Cl)c1)[C@H](O)C(C)(C)O2. The Balaban J connectivity index is 1.97. The molecule has 0 saturated carbocycles. The van der Waals surface area contributed by atoms with Crippen LogP contribution in [0, 0.1) is 5.82 Å².